The maximum Gasteiger partial charge on any atom is 0.0708 e. The Labute approximate surface area is 127 Å². The SMILES string of the molecule is ClCC1(NCC2CCC3(CCCCC3)O2)CCOCC1. The van der Waals surface area contributed by atoms with Crippen LogP contribution in [0, 0.1) is 0 Å². The zero-order chi connectivity index (χ0) is 13.9. The minimum absolute atomic E-state index is 0.0749. The average molecular weight is 302 g/mol. The highest BCUT2D eigenvalue weighted by atomic mass is 35.5. The summed E-state index contributed by atoms with van der Waals surface area (Å²) in [5.74, 6) is 0.675. The predicted octanol–water partition coefficient (Wildman–Crippen LogP) is 3.25. The van der Waals surface area contributed by atoms with E-state index in [1.807, 2.05) is 0 Å². The van der Waals surface area contributed by atoms with Crippen molar-refractivity contribution in [3.8, 4) is 0 Å². The summed E-state index contributed by atoms with van der Waals surface area (Å²) >= 11 is 6.21. The first-order chi connectivity index (χ1) is 9.76. The van der Waals surface area contributed by atoms with Crippen LogP contribution in [0.5, 0.6) is 0 Å². The molecule has 116 valence electrons. The van der Waals surface area contributed by atoms with Crippen LogP contribution in [0.3, 0.4) is 0 Å². The average Bonchev–Trinajstić information content (AvgIpc) is 2.90. The second-order valence-corrected chi connectivity index (χ2v) is 7.20. The van der Waals surface area contributed by atoms with Gasteiger partial charge in [0, 0.05) is 31.2 Å². The van der Waals surface area contributed by atoms with Crippen LogP contribution >= 0.6 is 11.6 Å². The first-order valence-electron chi connectivity index (χ1n) is 8.33. The Hall–Kier alpha value is 0.170. The van der Waals surface area contributed by atoms with E-state index in [-0.39, 0.29) is 11.1 Å². The lowest BCUT2D eigenvalue weighted by molar-refractivity contribution is -0.0657. The highest BCUT2D eigenvalue weighted by Crippen LogP contribution is 2.41. The third-order valence-corrected chi connectivity index (χ3v) is 6.03. The molecule has 2 saturated heterocycles. The summed E-state index contributed by atoms with van der Waals surface area (Å²) in [6.07, 6.45) is 11.5. The van der Waals surface area contributed by atoms with Crippen molar-refractivity contribution in [1.29, 1.82) is 0 Å². The molecule has 0 bridgehead atoms. The van der Waals surface area contributed by atoms with E-state index in [9.17, 15) is 0 Å². The summed E-state index contributed by atoms with van der Waals surface area (Å²) in [7, 11) is 0. The minimum atomic E-state index is 0.0749. The Morgan fingerprint density at radius 1 is 1.00 bits per heavy atom. The molecule has 1 spiro atoms. The van der Waals surface area contributed by atoms with E-state index in [2.05, 4.69) is 5.32 Å². The first-order valence-corrected chi connectivity index (χ1v) is 8.86. The van der Waals surface area contributed by atoms with Crippen LogP contribution in [0.25, 0.3) is 0 Å². The lowest BCUT2D eigenvalue weighted by atomic mass is 9.83. The quantitative estimate of drug-likeness (QED) is 0.809. The molecule has 20 heavy (non-hydrogen) atoms. The normalized spacial score (nSPS) is 32.5. The number of hydrogen-bond acceptors (Lipinski definition) is 3. The molecule has 3 aliphatic rings. The molecule has 1 saturated carbocycles. The number of hydrogen-bond donors (Lipinski definition) is 1. The molecule has 4 heteroatoms. The fourth-order valence-electron chi connectivity index (χ4n) is 4.05. The number of nitrogens with one attached hydrogen (secondary N) is 1. The molecule has 3 fully saturated rings. The molecule has 0 aromatic heterocycles. The van der Waals surface area contributed by atoms with Gasteiger partial charge in [0.05, 0.1) is 11.7 Å². The molecule has 3 rings (SSSR count). The fraction of sp³-hybridized carbons (Fsp3) is 1.00. The molecule has 2 heterocycles. The molecule has 1 unspecified atom stereocenters. The molecule has 2 aliphatic heterocycles. The van der Waals surface area contributed by atoms with E-state index >= 15 is 0 Å². The topological polar surface area (TPSA) is 30.5 Å². The van der Waals surface area contributed by atoms with Gasteiger partial charge >= 0.3 is 0 Å². The Bertz CT molecular complexity index is 312. The summed E-state index contributed by atoms with van der Waals surface area (Å²) < 4.78 is 11.9. The van der Waals surface area contributed by atoms with E-state index in [1.54, 1.807) is 0 Å². The van der Waals surface area contributed by atoms with Crippen LogP contribution in [0.15, 0.2) is 0 Å². The van der Waals surface area contributed by atoms with E-state index in [4.69, 9.17) is 21.1 Å². The summed E-state index contributed by atoms with van der Waals surface area (Å²) in [6, 6.07) is 0. The van der Waals surface area contributed by atoms with Crippen molar-refractivity contribution in [2.24, 2.45) is 0 Å². The lowest BCUT2D eigenvalue weighted by Gasteiger charge is -2.38. The van der Waals surface area contributed by atoms with Gasteiger partial charge in [-0.15, -0.1) is 11.6 Å². The number of rotatable bonds is 4. The predicted molar refractivity (Wildman–Crippen MR) is 81.4 cm³/mol. The van der Waals surface area contributed by atoms with Gasteiger partial charge in [-0.2, -0.15) is 0 Å². The van der Waals surface area contributed by atoms with E-state index < -0.39 is 0 Å². The first kappa shape index (κ1) is 15.1. The minimum Gasteiger partial charge on any atom is -0.381 e. The second kappa shape index (κ2) is 6.51. The van der Waals surface area contributed by atoms with Crippen molar-refractivity contribution in [1.82, 2.24) is 5.32 Å². The van der Waals surface area contributed by atoms with Gasteiger partial charge in [0.1, 0.15) is 0 Å². The van der Waals surface area contributed by atoms with Gasteiger partial charge < -0.3 is 14.8 Å². The van der Waals surface area contributed by atoms with Crippen LogP contribution in [0.2, 0.25) is 0 Å². The summed E-state index contributed by atoms with van der Waals surface area (Å²) in [5, 5.41) is 3.71. The standard InChI is InChI=1S/C16H28ClNO2/c17-13-15(8-10-19-11-9-15)18-12-14-4-7-16(20-14)5-2-1-3-6-16/h14,18H,1-13H2. The van der Waals surface area contributed by atoms with Gasteiger partial charge in [-0.1, -0.05) is 19.3 Å². The maximum atomic E-state index is 6.43. The van der Waals surface area contributed by atoms with Crippen molar-refractivity contribution in [3.63, 3.8) is 0 Å². The van der Waals surface area contributed by atoms with Crippen molar-refractivity contribution in [3.05, 3.63) is 0 Å². The third-order valence-electron chi connectivity index (χ3n) is 5.51. The summed E-state index contributed by atoms with van der Waals surface area (Å²) in [4.78, 5) is 0. The van der Waals surface area contributed by atoms with E-state index in [0.717, 1.165) is 32.6 Å². The Morgan fingerprint density at radius 2 is 1.75 bits per heavy atom. The smallest absolute Gasteiger partial charge is 0.0708 e. The lowest BCUT2D eigenvalue weighted by Crippen LogP contribution is -2.53. The second-order valence-electron chi connectivity index (χ2n) is 6.93. The molecule has 0 aromatic rings. The molecule has 1 aliphatic carbocycles. The number of halogens is 1. The van der Waals surface area contributed by atoms with Gasteiger partial charge in [0.15, 0.2) is 0 Å². The Balaban J connectivity index is 1.49. The number of ether oxygens (including phenoxy) is 2. The van der Waals surface area contributed by atoms with Crippen molar-refractivity contribution >= 4 is 11.6 Å². The van der Waals surface area contributed by atoms with Crippen molar-refractivity contribution < 1.29 is 9.47 Å². The van der Waals surface area contributed by atoms with E-state index in [0.29, 0.717) is 12.0 Å². The fourth-order valence-corrected chi connectivity index (χ4v) is 4.42. The van der Waals surface area contributed by atoms with Crippen molar-refractivity contribution in [2.75, 3.05) is 25.6 Å². The highest BCUT2D eigenvalue weighted by Gasteiger charge is 2.41. The third kappa shape index (κ3) is 3.32. The van der Waals surface area contributed by atoms with Gasteiger partial charge in [0.2, 0.25) is 0 Å². The molecular formula is C16H28ClNO2. The Morgan fingerprint density at radius 3 is 2.45 bits per heavy atom. The maximum absolute atomic E-state index is 6.43. The molecule has 1 N–H and O–H groups in total. The van der Waals surface area contributed by atoms with Crippen molar-refractivity contribution in [2.45, 2.75) is 75.0 Å². The molecule has 0 radical (unpaired) electrons. The molecule has 0 amide bonds. The van der Waals surface area contributed by atoms with Crippen LogP contribution in [-0.2, 0) is 9.47 Å². The molecular weight excluding hydrogens is 274 g/mol. The largest absolute Gasteiger partial charge is 0.381 e. The van der Waals surface area contributed by atoms with Crippen LogP contribution in [0.1, 0.15) is 57.8 Å². The summed E-state index contributed by atoms with van der Waals surface area (Å²) in [5.41, 5.74) is 0.305. The monoisotopic (exact) mass is 301 g/mol. The van der Waals surface area contributed by atoms with Crippen LogP contribution in [-0.4, -0.2) is 42.9 Å². The van der Waals surface area contributed by atoms with Gasteiger partial charge in [-0.3, -0.25) is 0 Å². The van der Waals surface area contributed by atoms with Crippen LogP contribution < -0.4 is 5.32 Å². The highest BCUT2D eigenvalue weighted by molar-refractivity contribution is 6.18. The Kier molecular flexibility index (Phi) is 4.91. The van der Waals surface area contributed by atoms with Gasteiger partial charge in [-0.25, -0.2) is 0 Å². The molecule has 0 aromatic carbocycles. The van der Waals surface area contributed by atoms with Crippen LogP contribution in [0.4, 0.5) is 0 Å². The number of alkyl halides is 1. The molecule has 3 nitrogen and oxygen atoms in total. The summed E-state index contributed by atoms with van der Waals surface area (Å²) in [6.45, 7) is 2.61. The molecule has 1 atom stereocenters. The zero-order valence-corrected chi connectivity index (χ0v) is 13.2. The van der Waals surface area contributed by atoms with Gasteiger partial charge in [0.25, 0.3) is 0 Å². The van der Waals surface area contributed by atoms with Gasteiger partial charge in [-0.05, 0) is 38.5 Å². The zero-order valence-electron chi connectivity index (χ0n) is 12.5. The van der Waals surface area contributed by atoms with E-state index in [1.165, 1.54) is 44.9 Å².